The molecule has 1 aliphatic rings. The molecule has 1 N–H and O–H groups in total. The number of hydrogen-bond donors (Lipinski definition) is 1. The number of aliphatic hydroxyl groups excluding tert-OH is 1. The number of nitrogens with zero attached hydrogens (tertiary/aromatic N) is 2. The van der Waals surface area contributed by atoms with E-state index in [9.17, 15) is 14.7 Å². The van der Waals surface area contributed by atoms with Gasteiger partial charge in [0.05, 0.1) is 39.6 Å². The highest BCUT2D eigenvalue weighted by atomic mass is 16.5. The summed E-state index contributed by atoms with van der Waals surface area (Å²) in [6.45, 7) is 5.58. The van der Waals surface area contributed by atoms with E-state index in [4.69, 9.17) is 18.9 Å². The van der Waals surface area contributed by atoms with Crippen molar-refractivity contribution in [2.45, 2.75) is 39.2 Å². The summed E-state index contributed by atoms with van der Waals surface area (Å²) in [7, 11) is 8.41. The number of likely N-dealkylation sites (tertiary alicyclic amines) is 1. The molecule has 0 aliphatic carbocycles. The van der Waals surface area contributed by atoms with E-state index in [-0.39, 0.29) is 11.3 Å². The Morgan fingerprint density at radius 1 is 1.00 bits per heavy atom. The molecule has 0 spiro atoms. The average Bonchev–Trinajstić information content (AvgIpc) is 3.17. The van der Waals surface area contributed by atoms with Gasteiger partial charge in [-0.25, -0.2) is 0 Å². The van der Waals surface area contributed by atoms with E-state index in [2.05, 4.69) is 6.92 Å². The summed E-state index contributed by atoms with van der Waals surface area (Å²) in [5.41, 5.74) is 1.76. The third kappa shape index (κ3) is 6.47. The Labute approximate surface area is 230 Å². The van der Waals surface area contributed by atoms with Crippen LogP contribution in [0.25, 0.3) is 5.76 Å². The fraction of sp³-hybridized carbons (Fsp3) is 0.467. The lowest BCUT2D eigenvalue weighted by Gasteiger charge is -2.27. The molecule has 2 aromatic rings. The number of methoxy groups -OCH3 is 3. The third-order valence-electron chi connectivity index (χ3n) is 6.77. The summed E-state index contributed by atoms with van der Waals surface area (Å²) in [6.07, 6.45) is 2.60. The fourth-order valence-corrected chi connectivity index (χ4v) is 4.74. The lowest BCUT2D eigenvalue weighted by molar-refractivity contribution is -0.139. The van der Waals surface area contributed by atoms with Gasteiger partial charge >= 0.3 is 0 Å². The van der Waals surface area contributed by atoms with E-state index >= 15 is 0 Å². The lowest BCUT2D eigenvalue weighted by atomic mass is 9.93. The molecule has 1 fully saturated rings. The van der Waals surface area contributed by atoms with E-state index in [0.29, 0.717) is 53.7 Å². The van der Waals surface area contributed by atoms with Crippen molar-refractivity contribution in [1.29, 1.82) is 0 Å². The van der Waals surface area contributed by atoms with Crippen LogP contribution in [0.4, 0.5) is 0 Å². The predicted octanol–water partition coefficient (Wildman–Crippen LogP) is 4.57. The van der Waals surface area contributed by atoms with Crippen LogP contribution in [0.15, 0.2) is 35.9 Å². The third-order valence-corrected chi connectivity index (χ3v) is 6.77. The standard InChI is InChI=1S/C30H40N2O7/c1-8-9-15-39-21-11-12-22(19(2)16-21)27(33)25-26(32(30(35)28(25)34)14-10-13-31(3)4)20-17-23(36-5)29(38-7)24(18-20)37-6/h11-12,16-18,26,33H,8-10,13-15H2,1-7H3/b27-25+/t26-/m1/s1. The van der Waals surface area contributed by atoms with Gasteiger partial charge in [-0.05, 0) is 81.9 Å². The molecule has 9 nitrogen and oxygen atoms in total. The molecular weight excluding hydrogens is 500 g/mol. The summed E-state index contributed by atoms with van der Waals surface area (Å²) in [5.74, 6) is 0.210. The Morgan fingerprint density at radius 3 is 2.21 bits per heavy atom. The lowest BCUT2D eigenvalue weighted by Crippen LogP contribution is -2.32. The Bertz CT molecular complexity index is 1200. The van der Waals surface area contributed by atoms with Crippen molar-refractivity contribution in [3.05, 3.63) is 52.6 Å². The summed E-state index contributed by atoms with van der Waals surface area (Å²) in [5, 5.41) is 11.6. The molecule has 0 aromatic heterocycles. The number of benzene rings is 2. The number of ketones is 1. The van der Waals surface area contributed by atoms with E-state index in [1.165, 1.54) is 26.2 Å². The molecule has 9 heteroatoms. The molecule has 1 heterocycles. The zero-order valence-electron chi connectivity index (χ0n) is 24.0. The normalized spacial score (nSPS) is 16.6. The van der Waals surface area contributed by atoms with Crippen LogP contribution < -0.4 is 18.9 Å². The quantitative estimate of drug-likeness (QED) is 0.171. The number of unbranched alkanes of at least 4 members (excludes halogenated alkanes) is 1. The Balaban J connectivity index is 2.16. The maximum Gasteiger partial charge on any atom is 0.295 e. The molecule has 1 saturated heterocycles. The number of aliphatic hydroxyl groups is 1. The molecular formula is C30H40N2O7. The monoisotopic (exact) mass is 540 g/mol. The van der Waals surface area contributed by atoms with Gasteiger partial charge in [0, 0.05) is 12.1 Å². The zero-order chi connectivity index (χ0) is 28.7. The first-order chi connectivity index (χ1) is 18.7. The summed E-state index contributed by atoms with van der Waals surface area (Å²) >= 11 is 0. The second-order valence-corrected chi connectivity index (χ2v) is 9.79. The molecule has 2 aromatic carbocycles. The second kappa shape index (κ2) is 13.4. The van der Waals surface area contributed by atoms with E-state index in [1.807, 2.05) is 32.0 Å². The number of amides is 1. The minimum Gasteiger partial charge on any atom is -0.507 e. The van der Waals surface area contributed by atoms with Crippen LogP contribution in [0.5, 0.6) is 23.0 Å². The Morgan fingerprint density at radius 2 is 1.67 bits per heavy atom. The van der Waals surface area contributed by atoms with Crippen molar-refractivity contribution < 1.29 is 33.6 Å². The number of hydrogen-bond acceptors (Lipinski definition) is 8. The minimum absolute atomic E-state index is 0.0156. The number of Topliss-reactive ketones (excluding diaryl/α,β-unsaturated/α-hetero) is 1. The van der Waals surface area contributed by atoms with E-state index in [1.54, 1.807) is 24.3 Å². The van der Waals surface area contributed by atoms with Crippen LogP contribution in [0.3, 0.4) is 0 Å². The van der Waals surface area contributed by atoms with Crippen molar-refractivity contribution >= 4 is 17.4 Å². The van der Waals surface area contributed by atoms with Crippen LogP contribution in [-0.4, -0.2) is 81.7 Å². The number of carbonyl (C=O) groups is 2. The van der Waals surface area contributed by atoms with Gasteiger partial charge in [-0.3, -0.25) is 9.59 Å². The molecule has 1 amide bonds. The largest absolute Gasteiger partial charge is 0.507 e. The minimum atomic E-state index is -0.847. The van der Waals surface area contributed by atoms with Crippen LogP contribution in [0.2, 0.25) is 0 Å². The van der Waals surface area contributed by atoms with Crippen molar-refractivity contribution in [3.63, 3.8) is 0 Å². The summed E-state index contributed by atoms with van der Waals surface area (Å²) in [4.78, 5) is 30.3. The number of aryl methyl sites for hydroxylation is 1. The highest BCUT2D eigenvalue weighted by molar-refractivity contribution is 6.46. The first-order valence-electron chi connectivity index (χ1n) is 13.1. The predicted molar refractivity (Wildman–Crippen MR) is 150 cm³/mol. The number of ether oxygens (including phenoxy) is 4. The van der Waals surface area contributed by atoms with E-state index in [0.717, 1.165) is 24.9 Å². The van der Waals surface area contributed by atoms with Crippen LogP contribution >= 0.6 is 0 Å². The topological polar surface area (TPSA) is 97.8 Å². The van der Waals surface area contributed by atoms with Gasteiger partial charge in [0.1, 0.15) is 11.5 Å². The molecule has 0 unspecified atom stereocenters. The van der Waals surface area contributed by atoms with Crippen molar-refractivity contribution in [2.75, 3.05) is 55.1 Å². The van der Waals surface area contributed by atoms with Gasteiger partial charge in [0.15, 0.2) is 11.5 Å². The van der Waals surface area contributed by atoms with Gasteiger partial charge in [-0.1, -0.05) is 13.3 Å². The van der Waals surface area contributed by atoms with Gasteiger partial charge in [-0.15, -0.1) is 0 Å². The maximum absolute atomic E-state index is 13.5. The van der Waals surface area contributed by atoms with Crippen LogP contribution in [-0.2, 0) is 9.59 Å². The average molecular weight is 541 g/mol. The first-order valence-corrected chi connectivity index (χ1v) is 13.1. The smallest absolute Gasteiger partial charge is 0.295 e. The van der Waals surface area contributed by atoms with Gasteiger partial charge in [-0.2, -0.15) is 0 Å². The van der Waals surface area contributed by atoms with Crippen LogP contribution in [0, 0.1) is 6.92 Å². The van der Waals surface area contributed by atoms with Gasteiger partial charge in [0.2, 0.25) is 5.75 Å². The maximum atomic E-state index is 13.5. The second-order valence-electron chi connectivity index (χ2n) is 9.79. The SMILES string of the molecule is CCCCOc1ccc(/C(O)=C2\C(=O)C(=O)N(CCCN(C)C)[C@@H]2c2cc(OC)c(OC)c(OC)c2)c(C)c1. The first kappa shape index (κ1) is 29.8. The zero-order valence-corrected chi connectivity index (χ0v) is 24.0. The highest BCUT2D eigenvalue weighted by Crippen LogP contribution is 2.46. The molecule has 212 valence electrons. The molecule has 1 atom stereocenters. The number of rotatable bonds is 13. The Kier molecular flexibility index (Phi) is 10.2. The van der Waals surface area contributed by atoms with Crippen LogP contribution in [0.1, 0.15) is 48.9 Å². The highest BCUT2D eigenvalue weighted by Gasteiger charge is 2.46. The molecule has 0 saturated carbocycles. The van der Waals surface area contributed by atoms with E-state index < -0.39 is 17.7 Å². The summed E-state index contributed by atoms with van der Waals surface area (Å²) in [6, 6.07) is 7.88. The molecule has 39 heavy (non-hydrogen) atoms. The van der Waals surface area contributed by atoms with Gasteiger partial charge < -0.3 is 33.9 Å². The van der Waals surface area contributed by atoms with Gasteiger partial charge in [0.25, 0.3) is 11.7 Å². The Hall–Kier alpha value is -3.72. The van der Waals surface area contributed by atoms with Crippen molar-refractivity contribution in [1.82, 2.24) is 9.80 Å². The molecule has 3 rings (SSSR count). The van der Waals surface area contributed by atoms with Crippen molar-refractivity contribution in [3.8, 4) is 23.0 Å². The fourth-order valence-electron chi connectivity index (χ4n) is 4.74. The molecule has 0 bridgehead atoms. The molecule has 1 aliphatic heterocycles. The number of carbonyl (C=O) groups excluding carboxylic acids is 2. The summed E-state index contributed by atoms with van der Waals surface area (Å²) < 4.78 is 22.3. The molecule has 0 radical (unpaired) electrons. The van der Waals surface area contributed by atoms with Crippen molar-refractivity contribution in [2.24, 2.45) is 0 Å².